The molecule has 0 bridgehead atoms. The number of ether oxygens (including phenoxy) is 1. The zero-order valence-corrected chi connectivity index (χ0v) is 16.6. The summed E-state index contributed by atoms with van der Waals surface area (Å²) >= 11 is 12.0. The quantitative estimate of drug-likeness (QED) is 0.671. The highest BCUT2D eigenvalue weighted by molar-refractivity contribution is 6.35. The Morgan fingerprint density at radius 3 is 2.48 bits per heavy atom. The van der Waals surface area contributed by atoms with Crippen molar-refractivity contribution < 1.29 is 14.6 Å². The maximum atomic E-state index is 11.9. The van der Waals surface area contributed by atoms with Crippen LogP contribution in [-0.2, 0) is 11.3 Å². The molecule has 0 aromatic heterocycles. The van der Waals surface area contributed by atoms with Crippen LogP contribution < -0.4 is 10.6 Å². The molecule has 1 aromatic carbocycles. The van der Waals surface area contributed by atoms with Crippen LogP contribution in [0.4, 0.5) is 4.79 Å². The van der Waals surface area contributed by atoms with Crippen LogP contribution in [0.5, 0.6) is 5.75 Å². The van der Waals surface area contributed by atoms with E-state index in [0.29, 0.717) is 29.6 Å². The summed E-state index contributed by atoms with van der Waals surface area (Å²) in [4.78, 5) is 11.9. The lowest BCUT2D eigenvalue weighted by molar-refractivity contribution is 0.0507. The Bertz CT molecular complexity index is 642. The average Bonchev–Trinajstić information content (AvgIpc) is 3.31. The number of alkyl carbamates (subject to hydrolysis) is 1. The van der Waals surface area contributed by atoms with E-state index < -0.39 is 11.7 Å². The smallest absolute Gasteiger partial charge is 0.407 e. The van der Waals surface area contributed by atoms with E-state index in [2.05, 4.69) is 17.6 Å². The van der Waals surface area contributed by atoms with Gasteiger partial charge in [-0.2, -0.15) is 0 Å². The third-order valence-electron chi connectivity index (χ3n) is 4.27. The SMILES string of the molecule is CC(C)(C)OC(=O)NCC(C)(NCc1cc(Cl)cc(Cl)c1O)C1CC1. The van der Waals surface area contributed by atoms with Crippen molar-refractivity contribution in [3.05, 3.63) is 27.7 Å². The van der Waals surface area contributed by atoms with Gasteiger partial charge in [0.05, 0.1) is 5.02 Å². The number of aromatic hydroxyl groups is 1. The Morgan fingerprint density at radius 2 is 1.92 bits per heavy atom. The van der Waals surface area contributed by atoms with Crippen LogP contribution in [-0.4, -0.2) is 28.9 Å². The number of nitrogens with one attached hydrogen (secondary N) is 2. The summed E-state index contributed by atoms with van der Waals surface area (Å²) in [6, 6.07) is 3.19. The third-order valence-corrected chi connectivity index (χ3v) is 4.77. The van der Waals surface area contributed by atoms with Gasteiger partial charge in [-0.05, 0) is 58.6 Å². The van der Waals surface area contributed by atoms with E-state index >= 15 is 0 Å². The summed E-state index contributed by atoms with van der Waals surface area (Å²) in [6.45, 7) is 8.38. The molecule has 1 aromatic rings. The average molecular weight is 389 g/mol. The minimum Gasteiger partial charge on any atom is -0.506 e. The Balaban J connectivity index is 2.00. The molecule has 0 aliphatic heterocycles. The number of carbonyl (C=O) groups is 1. The molecule has 7 heteroatoms. The van der Waals surface area contributed by atoms with Crippen LogP contribution in [0.1, 0.15) is 46.1 Å². The minimum atomic E-state index is -0.531. The van der Waals surface area contributed by atoms with Gasteiger partial charge in [-0.15, -0.1) is 0 Å². The van der Waals surface area contributed by atoms with Gasteiger partial charge < -0.3 is 20.5 Å². The lowest BCUT2D eigenvalue weighted by Crippen LogP contribution is -2.53. The van der Waals surface area contributed by atoms with Crippen molar-refractivity contribution in [1.29, 1.82) is 0 Å². The van der Waals surface area contributed by atoms with Crippen molar-refractivity contribution in [3.8, 4) is 5.75 Å². The number of halogens is 2. The minimum absolute atomic E-state index is 0.0248. The molecule has 1 aliphatic rings. The van der Waals surface area contributed by atoms with Gasteiger partial charge in [0.15, 0.2) is 0 Å². The number of hydrogen-bond donors (Lipinski definition) is 3. The van der Waals surface area contributed by atoms with E-state index in [1.54, 1.807) is 6.07 Å². The monoisotopic (exact) mass is 388 g/mol. The van der Waals surface area contributed by atoms with Gasteiger partial charge in [0.2, 0.25) is 0 Å². The van der Waals surface area contributed by atoms with Gasteiger partial charge in [-0.25, -0.2) is 4.79 Å². The van der Waals surface area contributed by atoms with Crippen LogP contribution in [0.15, 0.2) is 12.1 Å². The summed E-state index contributed by atoms with van der Waals surface area (Å²) in [7, 11) is 0. The van der Waals surface area contributed by atoms with Crippen molar-refractivity contribution in [2.45, 2.75) is 58.2 Å². The standard InChI is InChI=1S/C18H26Cl2N2O3/c1-17(2,3)25-16(24)21-10-18(4,12-5-6-12)22-9-11-7-13(19)8-14(20)15(11)23/h7-8,12,22-23H,5-6,9-10H2,1-4H3,(H,21,24). The fourth-order valence-electron chi connectivity index (χ4n) is 2.69. The highest BCUT2D eigenvalue weighted by atomic mass is 35.5. The van der Waals surface area contributed by atoms with Crippen LogP contribution in [0.2, 0.25) is 10.0 Å². The number of amides is 1. The zero-order chi connectivity index (χ0) is 18.8. The Morgan fingerprint density at radius 1 is 1.28 bits per heavy atom. The van der Waals surface area contributed by atoms with Crippen molar-refractivity contribution in [3.63, 3.8) is 0 Å². The Labute approximate surface area is 159 Å². The Hall–Kier alpha value is -1.17. The van der Waals surface area contributed by atoms with E-state index in [1.807, 2.05) is 20.8 Å². The Kier molecular flexibility index (Phi) is 6.13. The second-order valence-electron chi connectivity index (χ2n) is 7.80. The molecule has 1 fully saturated rings. The number of phenols is 1. The number of benzene rings is 1. The van der Waals surface area contributed by atoms with E-state index in [1.165, 1.54) is 6.07 Å². The molecule has 0 spiro atoms. The maximum absolute atomic E-state index is 11.9. The van der Waals surface area contributed by atoms with Crippen molar-refractivity contribution in [1.82, 2.24) is 10.6 Å². The van der Waals surface area contributed by atoms with Crippen molar-refractivity contribution in [2.24, 2.45) is 5.92 Å². The lowest BCUT2D eigenvalue weighted by atomic mass is 9.95. The molecule has 1 atom stereocenters. The van der Waals surface area contributed by atoms with Gasteiger partial charge in [-0.1, -0.05) is 23.2 Å². The van der Waals surface area contributed by atoms with Crippen LogP contribution in [0.25, 0.3) is 0 Å². The first kappa shape index (κ1) is 20.1. The second-order valence-corrected chi connectivity index (χ2v) is 8.64. The number of hydrogen-bond acceptors (Lipinski definition) is 4. The van der Waals surface area contributed by atoms with Gasteiger partial charge in [0.25, 0.3) is 0 Å². The molecule has 0 saturated heterocycles. The highest BCUT2D eigenvalue weighted by Gasteiger charge is 2.41. The normalized spacial score (nSPS) is 17.0. The fraction of sp³-hybridized carbons (Fsp3) is 0.611. The molecule has 0 radical (unpaired) electrons. The third kappa shape index (κ3) is 5.94. The molecule has 0 heterocycles. The predicted molar refractivity (Wildman–Crippen MR) is 100 cm³/mol. The van der Waals surface area contributed by atoms with Crippen LogP contribution in [0, 0.1) is 5.92 Å². The van der Waals surface area contributed by atoms with E-state index in [-0.39, 0.29) is 16.3 Å². The highest BCUT2D eigenvalue weighted by Crippen LogP contribution is 2.40. The topological polar surface area (TPSA) is 70.6 Å². The summed E-state index contributed by atoms with van der Waals surface area (Å²) < 4.78 is 5.29. The van der Waals surface area contributed by atoms with Crippen molar-refractivity contribution >= 4 is 29.3 Å². The molecular formula is C18H26Cl2N2O3. The zero-order valence-electron chi connectivity index (χ0n) is 15.1. The van der Waals surface area contributed by atoms with E-state index in [9.17, 15) is 9.90 Å². The van der Waals surface area contributed by atoms with E-state index in [0.717, 1.165) is 12.8 Å². The van der Waals surface area contributed by atoms with Crippen LogP contribution >= 0.6 is 23.2 Å². The molecule has 1 unspecified atom stereocenters. The van der Waals surface area contributed by atoms with Crippen LogP contribution in [0.3, 0.4) is 0 Å². The van der Waals surface area contributed by atoms with Gasteiger partial charge >= 0.3 is 6.09 Å². The first-order valence-corrected chi connectivity index (χ1v) is 9.14. The number of rotatable bonds is 6. The molecule has 1 saturated carbocycles. The summed E-state index contributed by atoms with van der Waals surface area (Å²) in [5, 5.41) is 17.1. The van der Waals surface area contributed by atoms with Gasteiger partial charge in [-0.3, -0.25) is 0 Å². The van der Waals surface area contributed by atoms with Crippen molar-refractivity contribution in [2.75, 3.05) is 6.54 Å². The first-order valence-electron chi connectivity index (χ1n) is 8.39. The first-order chi connectivity index (χ1) is 11.5. The summed E-state index contributed by atoms with van der Waals surface area (Å²) in [5.41, 5.74) is -0.212. The largest absolute Gasteiger partial charge is 0.506 e. The molecule has 25 heavy (non-hydrogen) atoms. The summed E-state index contributed by atoms with van der Waals surface area (Å²) in [5.74, 6) is 0.482. The second kappa shape index (κ2) is 7.60. The molecule has 5 nitrogen and oxygen atoms in total. The number of carbonyl (C=O) groups excluding carboxylic acids is 1. The molecule has 1 aliphatic carbocycles. The molecule has 2 rings (SSSR count). The van der Waals surface area contributed by atoms with E-state index in [4.69, 9.17) is 27.9 Å². The number of phenolic OH excluding ortho intramolecular Hbond substituents is 1. The maximum Gasteiger partial charge on any atom is 0.407 e. The van der Waals surface area contributed by atoms with Gasteiger partial charge in [0.1, 0.15) is 11.4 Å². The molecule has 140 valence electrons. The fourth-order valence-corrected chi connectivity index (χ4v) is 3.23. The molecule has 3 N–H and O–H groups in total. The predicted octanol–water partition coefficient (Wildman–Crippen LogP) is 4.48. The molecule has 1 amide bonds. The summed E-state index contributed by atoms with van der Waals surface area (Å²) in [6.07, 6.45) is 1.76. The lowest BCUT2D eigenvalue weighted by Gasteiger charge is -2.32. The van der Waals surface area contributed by atoms with Gasteiger partial charge in [0, 0.05) is 29.2 Å². The molecular weight excluding hydrogens is 363 g/mol.